The lowest BCUT2D eigenvalue weighted by atomic mass is 10.2. The summed E-state index contributed by atoms with van der Waals surface area (Å²) in [5.74, 6) is 1.07. The number of benzene rings is 4. The molecule has 36 heavy (non-hydrogen) atoms. The lowest BCUT2D eigenvalue weighted by molar-refractivity contribution is 0.628. The number of rotatable bonds is 7. The summed E-state index contributed by atoms with van der Waals surface area (Å²) >= 11 is 14.0. The molecule has 178 valence electrons. The second kappa shape index (κ2) is 11.1. The average Bonchev–Trinajstić information content (AvgIpc) is 3.32. The van der Waals surface area contributed by atoms with Crippen LogP contribution < -0.4 is 0 Å². The van der Waals surface area contributed by atoms with Crippen molar-refractivity contribution in [2.45, 2.75) is 10.9 Å². The number of nitrogens with zero attached hydrogens (tertiary/aromatic N) is 4. The highest BCUT2D eigenvalue weighted by atomic mass is 35.5. The Labute approximate surface area is 222 Å². The van der Waals surface area contributed by atoms with E-state index in [9.17, 15) is 4.39 Å². The van der Waals surface area contributed by atoms with E-state index in [2.05, 4.69) is 15.2 Å². The van der Waals surface area contributed by atoms with Crippen molar-refractivity contribution in [2.24, 2.45) is 4.99 Å². The third-order valence-corrected chi connectivity index (χ3v) is 6.94. The minimum atomic E-state index is -0.271. The summed E-state index contributed by atoms with van der Waals surface area (Å²) in [5, 5.41) is 11.0. The topological polar surface area (TPSA) is 43.1 Å². The van der Waals surface area contributed by atoms with E-state index in [0.29, 0.717) is 15.8 Å². The number of hydrogen-bond acceptors (Lipinski definition) is 4. The fourth-order valence-corrected chi connectivity index (χ4v) is 5.05. The molecule has 4 nitrogen and oxygen atoms in total. The Kier molecular flexibility index (Phi) is 7.47. The Morgan fingerprint density at radius 2 is 1.61 bits per heavy atom. The van der Waals surface area contributed by atoms with Crippen LogP contribution in [0.4, 0.5) is 10.1 Å². The first-order valence-electron chi connectivity index (χ1n) is 11.0. The molecule has 5 aromatic rings. The Hall–Kier alpha value is -3.45. The van der Waals surface area contributed by atoms with Gasteiger partial charge in [-0.3, -0.25) is 9.56 Å². The zero-order valence-corrected chi connectivity index (χ0v) is 21.2. The Morgan fingerprint density at radius 3 is 2.33 bits per heavy atom. The van der Waals surface area contributed by atoms with Gasteiger partial charge in [0, 0.05) is 33.3 Å². The van der Waals surface area contributed by atoms with E-state index in [1.165, 1.54) is 12.1 Å². The number of aromatic nitrogens is 3. The van der Waals surface area contributed by atoms with Gasteiger partial charge in [-0.2, -0.15) is 0 Å². The summed E-state index contributed by atoms with van der Waals surface area (Å²) in [7, 11) is 0. The maximum absolute atomic E-state index is 13.1. The standard InChI is InChI=1S/C28H19Cl2FN4S/c29-22-11-8-21(26(30)16-22)18-36-28-34-33-27(35(28)25-4-2-1-3-5-25)20-9-14-24(15-10-20)32-17-19-6-12-23(31)13-7-19/h1-17H,18H2. The van der Waals surface area contributed by atoms with Gasteiger partial charge in [-0.05, 0) is 71.8 Å². The summed E-state index contributed by atoms with van der Waals surface area (Å²) in [6.07, 6.45) is 1.71. The van der Waals surface area contributed by atoms with Gasteiger partial charge in [-0.15, -0.1) is 10.2 Å². The third-order valence-electron chi connectivity index (χ3n) is 5.38. The molecule has 1 aromatic heterocycles. The van der Waals surface area contributed by atoms with Crippen molar-refractivity contribution in [2.75, 3.05) is 0 Å². The van der Waals surface area contributed by atoms with Crippen LogP contribution in [0.3, 0.4) is 0 Å². The van der Waals surface area contributed by atoms with Crippen LogP contribution in [0.15, 0.2) is 107 Å². The van der Waals surface area contributed by atoms with E-state index in [-0.39, 0.29) is 5.82 Å². The SMILES string of the molecule is Fc1ccc(C=Nc2ccc(-c3nnc(SCc4ccc(Cl)cc4Cl)n3-c3ccccc3)cc2)cc1. The van der Waals surface area contributed by atoms with Gasteiger partial charge in [0.1, 0.15) is 5.82 Å². The van der Waals surface area contributed by atoms with Crippen LogP contribution in [-0.4, -0.2) is 21.0 Å². The molecule has 0 aliphatic carbocycles. The molecule has 8 heteroatoms. The predicted molar refractivity (Wildman–Crippen MR) is 146 cm³/mol. The van der Waals surface area contributed by atoms with Gasteiger partial charge in [0.25, 0.3) is 0 Å². The quantitative estimate of drug-likeness (QED) is 0.156. The zero-order chi connectivity index (χ0) is 24.9. The Balaban J connectivity index is 1.42. The Morgan fingerprint density at radius 1 is 0.861 bits per heavy atom. The molecule has 0 aliphatic rings. The molecule has 5 rings (SSSR count). The first kappa shape index (κ1) is 24.3. The zero-order valence-electron chi connectivity index (χ0n) is 18.9. The van der Waals surface area contributed by atoms with Crippen LogP contribution in [0.25, 0.3) is 17.1 Å². The first-order chi connectivity index (χ1) is 17.6. The first-order valence-corrected chi connectivity index (χ1v) is 12.8. The molecule has 0 unspecified atom stereocenters. The highest BCUT2D eigenvalue weighted by Gasteiger charge is 2.17. The van der Waals surface area contributed by atoms with Crippen molar-refractivity contribution < 1.29 is 4.39 Å². The van der Waals surface area contributed by atoms with Crippen LogP contribution in [0.2, 0.25) is 10.0 Å². The van der Waals surface area contributed by atoms with Crippen LogP contribution in [0.1, 0.15) is 11.1 Å². The van der Waals surface area contributed by atoms with Gasteiger partial charge in [0.05, 0.1) is 5.69 Å². The van der Waals surface area contributed by atoms with Crippen molar-refractivity contribution in [1.29, 1.82) is 0 Å². The number of para-hydroxylation sites is 1. The molecule has 0 radical (unpaired) electrons. The number of halogens is 3. The highest BCUT2D eigenvalue weighted by molar-refractivity contribution is 7.98. The highest BCUT2D eigenvalue weighted by Crippen LogP contribution is 2.32. The van der Waals surface area contributed by atoms with Gasteiger partial charge >= 0.3 is 0 Å². The summed E-state index contributed by atoms with van der Waals surface area (Å²) in [5.41, 5.74) is 4.44. The second-order valence-electron chi connectivity index (χ2n) is 7.86. The molecule has 0 atom stereocenters. The van der Waals surface area contributed by atoms with Gasteiger partial charge < -0.3 is 0 Å². The number of hydrogen-bond donors (Lipinski definition) is 0. The average molecular weight is 533 g/mol. The molecular formula is C28H19Cl2FN4S. The van der Waals surface area contributed by atoms with E-state index >= 15 is 0 Å². The monoisotopic (exact) mass is 532 g/mol. The molecule has 0 bridgehead atoms. The molecule has 4 aromatic carbocycles. The predicted octanol–water partition coefficient (Wildman–Crippen LogP) is 8.42. The normalized spacial score (nSPS) is 11.3. The van der Waals surface area contributed by atoms with Crippen LogP contribution in [0, 0.1) is 5.82 Å². The number of aliphatic imine (C=N–C) groups is 1. The molecule has 1 heterocycles. The van der Waals surface area contributed by atoms with E-state index in [1.807, 2.05) is 71.3 Å². The molecular weight excluding hydrogens is 514 g/mol. The van der Waals surface area contributed by atoms with Crippen LogP contribution in [0.5, 0.6) is 0 Å². The molecule has 0 saturated heterocycles. The minimum Gasteiger partial charge on any atom is -0.270 e. The van der Waals surface area contributed by atoms with Crippen molar-refractivity contribution in [3.8, 4) is 17.1 Å². The molecule has 0 fully saturated rings. The minimum absolute atomic E-state index is 0.271. The van der Waals surface area contributed by atoms with Crippen molar-refractivity contribution in [1.82, 2.24) is 14.8 Å². The van der Waals surface area contributed by atoms with E-state index in [0.717, 1.165) is 39.0 Å². The summed E-state index contributed by atoms with van der Waals surface area (Å²) in [6, 6.07) is 29.4. The number of thioether (sulfide) groups is 1. The molecule has 0 N–H and O–H groups in total. The largest absolute Gasteiger partial charge is 0.270 e. The summed E-state index contributed by atoms with van der Waals surface area (Å²) in [4.78, 5) is 4.49. The van der Waals surface area contributed by atoms with Gasteiger partial charge in [-0.1, -0.05) is 71.4 Å². The van der Waals surface area contributed by atoms with E-state index in [1.54, 1.807) is 36.2 Å². The molecule has 0 amide bonds. The maximum Gasteiger partial charge on any atom is 0.196 e. The van der Waals surface area contributed by atoms with Gasteiger partial charge in [0.2, 0.25) is 0 Å². The molecule has 0 aliphatic heterocycles. The van der Waals surface area contributed by atoms with E-state index in [4.69, 9.17) is 23.2 Å². The lowest BCUT2D eigenvalue weighted by Gasteiger charge is -2.11. The van der Waals surface area contributed by atoms with Crippen LogP contribution in [-0.2, 0) is 5.75 Å². The summed E-state index contributed by atoms with van der Waals surface area (Å²) < 4.78 is 15.1. The van der Waals surface area contributed by atoms with Gasteiger partial charge in [0.15, 0.2) is 11.0 Å². The molecule has 0 saturated carbocycles. The van der Waals surface area contributed by atoms with Gasteiger partial charge in [-0.25, -0.2) is 4.39 Å². The van der Waals surface area contributed by atoms with Crippen molar-refractivity contribution in [3.05, 3.63) is 124 Å². The fraction of sp³-hybridized carbons (Fsp3) is 0.0357. The van der Waals surface area contributed by atoms with Crippen molar-refractivity contribution >= 4 is 46.9 Å². The maximum atomic E-state index is 13.1. The summed E-state index contributed by atoms with van der Waals surface area (Å²) in [6.45, 7) is 0. The smallest absolute Gasteiger partial charge is 0.196 e. The van der Waals surface area contributed by atoms with Crippen LogP contribution >= 0.6 is 35.0 Å². The molecule has 0 spiro atoms. The lowest BCUT2D eigenvalue weighted by Crippen LogP contribution is -1.99. The third kappa shape index (κ3) is 5.68. The van der Waals surface area contributed by atoms with Crippen molar-refractivity contribution in [3.63, 3.8) is 0 Å². The fourth-order valence-electron chi connectivity index (χ4n) is 3.54. The Bertz CT molecular complexity index is 1500. The van der Waals surface area contributed by atoms with E-state index < -0.39 is 0 Å². The second-order valence-corrected chi connectivity index (χ2v) is 9.64.